The van der Waals surface area contributed by atoms with E-state index in [9.17, 15) is 19.2 Å². The minimum Gasteiger partial charge on any atom is -0.335 e. The molecule has 8 nitrogen and oxygen atoms in total. The van der Waals surface area contributed by atoms with Crippen LogP contribution >= 0.6 is 0 Å². The van der Waals surface area contributed by atoms with Gasteiger partial charge in [-0.25, -0.2) is 4.79 Å². The van der Waals surface area contributed by atoms with Gasteiger partial charge < -0.3 is 15.1 Å². The molecule has 2 saturated heterocycles. The molecule has 0 aromatic heterocycles. The van der Waals surface area contributed by atoms with Crippen molar-refractivity contribution in [3.8, 4) is 0 Å². The third-order valence-corrected chi connectivity index (χ3v) is 5.92. The molecule has 2 aliphatic rings. The monoisotopic (exact) mass is 414 g/mol. The molecule has 2 atom stereocenters. The van der Waals surface area contributed by atoms with Crippen molar-refractivity contribution >= 4 is 23.8 Å². The van der Waals surface area contributed by atoms with Gasteiger partial charge >= 0.3 is 6.03 Å². The summed E-state index contributed by atoms with van der Waals surface area (Å²) in [7, 11) is 0. The van der Waals surface area contributed by atoms with Gasteiger partial charge in [0.25, 0.3) is 11.8 Å². The third kappa shape index (κ3) is 4.47. The van der Waals surface area contributed by atoms with Crippen molar-refractivity contribution in [1.82, 2.24) is 20.0 Å². The van der Waals surface area contributed by atoms with Crippen LogP contribution in [0.2, 0.25) is 0 Å². The number of urea groups is 1. The zero-order chi connectivity index (χ0) is 22.0. The van der Waals surface area contributed by atoms with Gasteiger partial charge in [0.15, 0.2) is 0 Å². The Hall–Kier alpha value is -2.90. The number of rotatable bonds is 5. The summed E-state index contributed by atoms with van der Waals surface area (Å²) in [6.07, 6.45) is 0.972. The van der Waals surface area contributed by atoms with Gasteiger partial charge in [-0.3, -0.25) is 19.3 Å². The van der Waals surface area contributed by atoms with Crippen LogP contribution in [0.1, 0.15) is 43.6 Å². The Labute approximate surface area is 177 Å². The quantitative estimate of drug-likeness (QED) is 0.740. The largest absolute Gasteiger partial charge is 0.335 e. The van der Waals surface area contributed by atoms with E-state index >= 15 is 0 Å². The Morgan fingerprint density at radius 2 is 1.63 bits per heavy atom. The fourth-order valence-electron chi connectivity index (χ4n) is 4.04. The van der Waals surface area contributed by atoms with Gasteiger partial charge in [-0.1, -0.05) is 26.0 Å². The lowest BCUT2D eigenvalue weighted by atomic mass is 10.00. The molecule has 1 aromatic carbocycles. The first-order chi connectivity index (χ1) is 14.2. The number of hydrogen-bond donors (Lipinski definition) is 1. The number of carbonyl (C=O) groups is 4. The van der Waals surface area contributed by atoms with E-state index in [-0.39, 0.29) is 37.0 Å². The summed E-state index contributed by atoms with van der Waals surface area (Å²) < 4.78 is 0. The third-order valence-electron chi connectivity index (χ3n) is 5.92. The number of nitrogens with zero attached hydrogens (tertiary/aromatic N) is 3. The summed E-state index contributed by atoms with van der Waals surface area (Å²) in [5.41, 5.74) is 1.85. The molecular weight excluding hydrogens is 384 g/mol. The van der Waals surface area contributed by atoms with Gasteiger partial charge in [-0.05, 0) is 43.9 Å². The number of nitrogens with one attached hydrogen (secondary N) is 1. The van der Waals surface area contributed by atoms with E-state index in [0.717, 1.165) is 11.3 Å². The summed E-state index contributed by atoms with van der Waals surface area (Å²) >= 11 is 0. The molecule has 0 bridgehead atoms. The second-order valence-corrected chi connectivity index (χ2v) is 8.50. The van der Waals surface area contributed by atoms with Crippen LogP contribution in [0.15, 0.2) is 24.3 Å². The van der Waals surface area contributed by atoms with Gasteiger partial charge in [0.05, 0.1) is 6.54 Å². The van der Waals surface area contributed by atoms with Crippen molar-refractivity contribution in [2.75, 3.05) is 26.2 Å². The Morgan fingerprint density at radius 1 is 1.03 bits per heavy atom. The lowest BCUT2D eigenvalue weighted by molar-refractivity contribution is -0.140. The van der Waals surface area contributed by atoms with Crippen molar-refractivity contribution in [2.24, 2.45) is 5.92 Å². The highest BCUT2D eigenvalue weighted by atomic mass is 16.2. The predicted molar refractivity (Wildman–Crippen MR) is 112 cm³/mol. The standard InChI is InChI=1S/C22H30N4O4/c1-14(2)11-17-5-7-18(8-6-17)21(29)25-10-9-24(15(3)16(25)4)20(28)13-26-19(27)12-23-22(26)30/h5-8,14-16H,9-13H2,1-4H3,(H,23,30)/t15-,16+/m0/s1. The second-order valence-electron chi connectivity index (χ2n) is 8.50. The molecule has 30 heavy (non-hydrogen) atoms. The zero-order valence-corrected chi connectivity index (χ0v) is 18.1. The normalized spacial score (nSPS) is 22.0. The Balaban J connectivity index is 1.64. The van der Waals surface area contributed by atoms with E-state index in [1.165, 1.54) is 5.56 Å². The lowest BCUT2D eigenvalue weighted by Crippen LogP contribution is -2.61. The highest BCUT2D eigenvalue weighted by Gasteiger charge is 2.38. The zero-order valence-electron chi connectivity index (χ0n) is 18.1. The Kier molecular flexibility index (Phi) is 6.43. The summed E-state index contributed by atoms with van der Waals surface area (Å²) in [4.78, 5) is 53.6. The van der Waals surface area contributed by atoms with E-state index in [0.29, 0.717) is 24.6 Å². The van der Waals surface area contributed by atoms with Crippen molar-refractivity contribution in [2.45, 2.75) is 46.2 Å². The molecule has 0 saturated carbocycles. The minimum atomic E-state index is -0.538. The molecule has 8 heteroatoms. The van der Waals surface area contributed by atoms with Crippen LogP contribution in [0.4, 0.5) is 4.79 Å². The van der Waals surface area contributed by atoms with E-state index in [1.807, 2.05) is 38.1 Å². The van der Waals surface area contributed by atoms with Gasteiger partial charge in [0.1, 0.15) is 6.54 Å². The molecule has 2 fully saturated rings. The minimum absolute atomic E-state index is 0.0494. The fourth-order valence-corrected chi connectivity index (χ4v) is 4.04. The average molecular weight is 415 g/mol. The molecule has 0 spiro atoms. The predicted octanol–water partition coefficient (Wildman–Crippen LogP) is 1.50. The summed E-state index contributed by atoms with van der Waals surface area (Å²) in [5.74, 6) is -0.180. The van der Waals surface area contributed by atoms with Crippen LogP contribution in [-0.2, 0) is 16.0 Å². The highest BCUT2D eigenvalue weighted by molar-refractivity contribution is 6.04. The molecule has 1 aromatic rings. The smallest absolute Gasteiger partial charge is 0.325 e. The summed E-state index contributed by atoms with van der Waals surface area (Å²) in [6, 6.07) is 6.78. The van der Waals surface area contributed by atoms with Gasteiger partial charge in [-0.2, -0.15) is 0 Å². The van der Waals surface area contributed by atoms with E-state index < -0.39 is 11.9 Å². The number of hydrogen-bond acceptors (Lipinski definition) is 4. The molecule has 5 amide bonds. The van der Waals surface area contributed by atoms with Gasteiger partial charge in [-0.15, -0.1) is 0 Å². The summed E-state index contributed by atoms with van der Waals surface area (Å²) in [6.45, 7) is 8.56. The van der Waals surface area contributed by atoms with E-state index in [1.54, 1.807) is 9.80 Å². The molecule has 162 valence electrons. The van der Waals surface area contributed by atoms with Crippen LogP contribution in [0.25, 0.3) is 0 Å². The molecule has 0 aliphatic carbocycles. The van der Waals surface area contributed by atoms with Crippen LogP contribution in [0.3, 0.4) is 0 Å². The van der Waals surface area contributed by atoms with Crippen LogP contribution in [-0.4, -0.2) is 76.7 Å². The first-order valence-corrected chi connectivity index (χ1v) is 10.5. The molecule has 0 unspecified atom stereocenters. The highest BCUT2D eigenvalue weighted by Crippen LogP contribution is 2.21. The van der Waals surface area contributed by atoms with Crippen molar-refractivity contribution < 1.29 is 19.2 Å². The number of carbonyl (C=O) groups excluding carboxylic acids is 4. The second kappa shape index (κ2) is 8.85. The average Bonchev–Trinajstić information content (AvgIpc) is 3.01. The van der Waals surface area contributed by atoms with Crippen molar-refractivity contribution in [3.63, 3.8) is 0 Å². The van der Waals surface area contributed by atoms with Gasteiger partial charge in [0.2, 0.25) is 5.91 Å². The van der Waals surface area contributed by atoms with E-state index in [4.69, 9.17) is 0 Å². The lowest BCUT2D eigenvalue weighted by Gasteiger charge is -2.45. The van der Waals surface area contributed by atoms with Crippen LogP contribution in [0, 0.1) is 5.92 Å². The first kappa shape index (κ1) is 21.8. The summed E-state index contributed by atoms with van der Waals surface area (Å²) in [5, 5.41) is 2.42. The first-order valence-electron chi connectivity index (χ1n) is 10.5. The Morgan fingerprint density at radius 3 is 2.20 bits per heavy atom. The molecule has 2 heterocycles. The van der Waals surface area contributed by atoms with E-state index in [2.05, 4.69) is 19.2 Å². The van der Waals surface area contributed by atoms with Crippen LogP contribution in [0.5, 0.6) is 0 Å². The topological polar surface area (TPSA) is 90.0 Å². The van der Waals surface area contributed by atoms with Crippen molar-refractivity contribution in [1.29, 1.82) is 0 Å². The van der Waals surface area contributed by atoms with Crippen molar-refractivity contribution in [3.05, 3.63) is 35.4 Å². The maximum absolute atomic E-state index is 13.0. The number of benzene rings is 1. The fraction of sp³-hybridized carbons (Fsp3) is 0.545. The number of imide groups is 1. The maximum atomic E-state index is 13.0. The number of amides is 5. The Bertz CT molecular complexity index is 820. The number of piperazine rings is 1. The van der Waals surface area contributed by atoms with Gasteiger partial charge in [0, 0.05) is 30.7 Å². The maximum Gasteiger partial charge on any atom is 0.325 e. The molecule has 3 rings (SSSR count). The molecule has 1 N–H and O–H groups in total. The van der Waals surface area contributed by atoms with Crippen LogP contribution < -0.4 is 5.32 Å². The molecule has 0 radical (unpaired) electrons. The molecular formula is C22H30N4O4. The SMILES string of the molecule is CC(C)Cc1ccc(C(=O)N2CCN(C(=O)CN3C(=O)CNC3=O)[C@@H](C)[C@H]2C)cc1. The molecule has 2 aliphatic heterocycles.